The first-order valence-electron chi connectivity index (χ1n) is 3.39. The van der Waals surface area contributed by atoms with Crippen molar-refractivity contribution in [3.8, 4) is 0 Å². The first-order valence-corrected chi connectivity index (χ1v) is 3.39. The van der Waals surface area contributed by atoms with Crippen LogP contribution in [0.5, 0.6) is 0 Å². The largest absolute Gasteiger partial charge is 0.325 e. The van der Waals surface area contributed by atoms with Crippen LogP contribution in [-0.2, 0) is 6.54 Å². The molecule has 0 saturated heterocycles. The molecule has 0 aliphatic carbocycles. The summed E-state index contributed by atoms with van der Waals surface area (Å²) in [4.78, 5) is 3.16. The summed E-state index contributed by atoms with van der Waals surface area (Å²) in [5.41, 5.74) is 3.74. The van der Waals surface area contributed by atoms with Gasteiger partial charge in [-0.1, -0.05) is 0 Å². The minimum atomic E-state index is -3.14. The third-order valence-corrected chi connectivity index (χ3v) is 1.41. The van der Waals surface area contributed by atoms with Crippen LogP contribution in [0.25, 0.3) is 0 Å². The van der Waals surface area contributed by atoms with Gasteiger partial charge in [0.2, 0.25) is 0 Å². The number of aromatic nitrogens is 1. The normalized spacial score (nSPS) is 10.9. The molecule has 0 aliphatic rings. The van der Waals surface area contributed by atoms with Crippen LogP contribution in [-0.4, -0.2) is 4.98 Å². The summed E-state index contributed by atoms with van der Waals surface area (Å²) in [6, 6.07) is 0.696. The number of hydrogen-bond acceptors (Lipinski definition) is 2. The summed E-state index contributed by atoms with van der Waals surface area (Å²) in [5.74, 6) is -2.97. The molecule has 0 aliphatic heterocycles. The Balaban J connectivity index is 3.25. The quantitative estimate of drug-likeness (QED) is 0.728. The number of alkyl halides is 2. The van der Waals surface area contributed by atoms with Gasteiger partial charge in [-0.3, -0.25) is 0 Å². The van der Waals surface area contributed by atoms with Gasteiger partial charge in [0.15, 0.2) is 11.6 Å². The Bertz CT molecular complexity index is 314. The van der Waals surface area contributed by atoms with E-state index in [2.05, 4.69) is 4.98 Å². The summed E-state index contributed by atoms with van der Waals surface area (Å²) < 4.78 is 49.2. The summed E-state index contributed by atoms with van der Waals surface area (Å²) in [6.07, 6.45) is -3.14. The Morgan fingerprint density at radius 3 is 2.46 bits per heavy atom. The van der Waals surface area contributed by atoms with Crippen molar-refractivity contribution in [3.05, 3.63) is 29.1 Å². The number of rotatable bonds is 2. The Labute approximate surface area is 71.4 Å². The highest BCUT2D eigenvalue weighted by molar-refractivity contribution is 5.16. The monoisotopic (exact) mass is 194 g/mol. The van der Waals surface area contributed by atoms with Gasteiger partial charge < -0.3 is 5.73 Å². The molecule has 0 radical (unpaired) electrons. The number of nitrogens with two attached hydrogens (primary N) is 1. The summed E-state index contributed by atoms with van der Waals surface area (Å²) in [7, 11) is 0. The van der Waals surface area contributed by atoms with Crippen molar-refractivity contribution in [2.24, 2.45) is 5.73 Å². The van der Waals surface area contributed by atoms with E-state index < -0.39 is 23.8 Å². The molecule has 13 heavy (non-hydrogen) atoms. The van der Waals surface area contributed by atoms with E-state index in [-0.39, 0.29) is 12.2 Å². The lowest BCUT2D eigenvalue weighted by atomic mass is 10.3. The molecule has 1 aromatic heterocycles. The standard InChI is InChI=1S/C7H6F4N2/c8-4-1-3(2-12)13-6(5(4)9)7(10)11/h1,7H,2,12H2. The maximum Gasteiger partial charge on any atom is 0.283 e. The zero-order valence-electron chi connectivity index (χ0n) is 6.40. The number of nitrogens with zero attached hydrogens (tertiary/aromatic N) is 1. The van der Waals surface area contributed by atoms with E-state index in [0.717, 1.165) is 0 Å². The van der Waals surface area contributed by atoms with Crippen molar-refractivity contribution < 1.29 is 17.6 Å². The van der Waals surface area contributed by atoms with Crippen LogP contribution >= 0.6 is 0 Å². The molecular weight excluding hydrogens is 188 g/mol. The van der Waals surface area contributed by atoms with Gasteiger partial charge in [-0.15, -0.1) is 0 Å². The predicted molar refractivity (Wildman–Crippen MR) is 37.0 cm³/mol. The fourth-order valence-corrected chi connectivity index (χ4v) is 0.817. The van der Waals surface area contributed by atoms with E-state index in [0.29, 0.717) is 6.07 Å². The third-order valence-electron chi connectivity index (χ3n) is 1.41. The van der Waals surface area contributed by atoms with E-state index in [1.807, 2.05) is 0 Å². The second-order valence-electron chi connectivity index (χ2n) is 2.30. The van der Waals surface area contributed by atoms with E-state index in [1.54, 1.807) is 0 Å². The van der Waals surface area contributed by atoms with E-state index in [1.165, 1.54) is 0 Å². The van der Waals surface area contributed by atoms with Gasteiger partial charge in [0.1, 0.15) is 5.69 Å². The lowest BCUT2D eigenvalue weighted by Crippen LogP contribution is -2.07. The molecule has 0 saturated carbocycles. The zero-order valence-corrected chi connectivity index (χ0v) is 6.40. The van der Waals surface area contributed by atoms with Crippen LogP contribution in [0.4, 0.5) is 17.6 Å². The zero-order chi connectivity index (χ0) is 10.0. The number of halogens is 4. The molecule has 0 aromatic carbocycles. The molecule has 0 atom stereocenters. The second kappa shape index (κ2) is 3.69. The second-order valence-corrected chi connectivity index (χ2v) is 2.30. The van der Waals surface area contributed by atoms with Gasteiger partial charge >= 0.3 is 0 Å². The van der Waals surface area contributed by atoms with Crippen LogP contribution in [0.3, 0.4) is 0 Å². The highest BCUT2D eigenvalue weighted by Crippen LogP contribution is 2.21. The maximum atomic E-state index is 12.6. The molecule has 0 bridgehead atoms. The first-order chi connectivity index (χ1) is 6.06. The fourth-order valence-electron chi connectivity index (χ4n) is 0.817. The van der Waals surface area contributed by atoms with E-state index in [9.17, 15) is 17.6 Å². The van der Waals surface area contributed by atoms with Gasteiger partial charge in [0.05, 0.1) is 5.69 Å². The molecular formula is C7H6F4N2. The van der Waals surface area contributed by atoms with Crippen LogP contribution in [0.15, 0.2) is 6.07 Å². The smallest absolute Gasteiger partial charge is 0.283 e. The van der Waals surface area contributed by atoms with Crippen molar-refractivity contribution >= 4 is 0 Å². The Morgan fingerprint density at radius 2 is 2.00 bits per heavy atom. The SMILES string of the molecule is NCc1cc(F)c(F)c(C(F)F)n1. The molecule has 1 rings (SSSR count). The number of pyridine rings is 1. The van der Waals surface area contributed by atoms with Crippen molar-refractivity contribution in [1.82, 2.24) is 4.98 Å². The molecule has 0 spiro atoms. The van der Waals surface area contributed by atoms with Gasteiger partial charge in [0.25, 0.3) is 6.43 Å². The predicted octanol–water partition coefficient (Wildman–Crippen LogP) is 1.76. The molecule has 0 unspecified atom stereocenters. The lowest BCUT2D eigenvalue weighted by molar-refractivity contribution is 0.139. The Hall–Kier alpha value is -1.17. The maximum absolute atomic E-state index is 12.6. The topological polar surface area (TPSA) is 38.9 Å². The molecule has 6 heteroatoms. The molecule has 0 amide bonds. The average molecular weight is 194 g/mol. The molecule has 72 valence electrons. The van der Waals surface area contributed by atoms with Crippen LogP contribution in [0.2, 0.25) is 0 Å². The minimum Gasteiger partial charge on any atom is -0.325 e. The minimum absolute atomic E-state index is 0.103. The molecule has 2 N–H and O–H groups in total. The van der Waals surface area contributed by atoms with Crippen molar-refractivity contribution in [2.75, 3.05) is 0 Å². The Morgan fingerprint density at radius 1 is 1.38 bits per heavy atom. The molecule has 1 aromatic rings. The molecule has 2 nitrogen and oxygen atoms in total. The van der Waals surface area contributed by atoms with E-state index >= 15 is 0 Å². The Kier molecular flexibility index (Phi) is 2.82. The lowest BCUT2D eigenvalue weighted by Gasteiger charge is -2.04. The van der Waals surface area contributed by atoms with Gasteiger partial charge in [-0.05, 0) is 6.07 Å². The van der Waals surface area contributed by atoms with Gasteiger partial charge in [-0.2, -0.15) is 0 Å². The third kappa shape index (κ3) is 1.95. The average Bonchev–Trinajstić information content (AvgIpc) is 2.09. The van der Waals surface area contributed by atoms with Gasteiger partial charge in [0, 0.05) is 6.54 Å². The highest BCUT2D eigenvalue weighted by Gasteiger charge is 2.19. The van der Waals surface area contributed by atoms with Crippen LogP contribution < -0.4 is 5.73 Å². The summed E-state index contributed by atoms with van der Waals surface area (Å²) in [5, 5.41) is 0. The first kappa shape index (κ1) is 9.91. The van der Waals surface area contributed by atoms with Gasteiger partial charge in [-0.25, -0.2) is 22.5 Å². The van der Waals surface area contributed by atoms with Crippen LogP contribution in [0.1, 0.15) is 17.8 Å². The van der Waals surface area contributed by atoms with Crippen molar-refractivity contribution in [3.63, 3.8) is 0 Å². The molecule has 0 fully saturated rings. The fraction of sp³-hybridized carbons (Fsp3) is 0.286. The summed E-state index contributed by atoms with van der Waals surface area (Å²) >= 11 is 0. The number of hydrogen-bond donors (Lipinski definition) is 1. The van der Waals surface area contributed by atoms with E-state index in [4.69, 9.17) is 5.73 Å². The highest BCUT2D eigenvalue weighted by atomic mass is 19.3. The van der Waals surface area contributed by atoms with Crippen molar-refractivity contribution in [1.29, 1.82) is 0 Å². The van der Waals surface area contributed by atoms with Crippen LogP contribution in [0, 0.1) is 11.6 Å². The van der Waals surface area contributed by atoms with Crippen molar-refractivity contribution in [2.45, 2.75) is 13.0 Å². The summed E-state index contributed by atoms with van der Waals surface area (Å²) in [6.45, 7) is -0.211. The molecule has 1 heterocycles.